The molecule has 0 fully saturated rings. The highest BCUT2D eigenvalue weighted by molar-refractivity contribution is 5.64. The Balaban J connectivity index is 1.84. The van der Waals surface area contributed by atoms with Crippen molar-refractivity contribution in [1.82, 2.24) is 9.97 Å². The fourth-order valence-corrected chi connectivity index (χ4v) is 2.40. The molecule has 0 unspecified atom stereocenters. The summed E-state index contributed by atoms with van der Waals surface area (Å²) in [5, 5.41) is 8.72. The van der Waals surface area contributed by atoms with E-state index in [0.29, 0.717) is 6.61 Å². The Bertz CT molecular complexity index is 925. The lowest BCUT2D eigenvalue weighted by Gasteiger charge is -2.07. The Labute approximate surface area is 149 Å². The molecule has 0 bridgehead atoms. The van der Waals surface area contributed by atoms with E-state index in [1.165, 1.54) is 6.07 Å². The number of nitriles is 1. The Morgan fingerprint density at radius 3 is 2.12 bits per heavy atom. The highest BCUT2D eigenvalue weighted by atomic mass is 19.1. The molecule has 2 aromatic carbocycles. The van der Waals surface area contributed by atoms with Crippen LogP contribution in [0.2, 0.25) is 0 Å². The van der Waals surface area contributed by atoms with Crippen molar-refractivity contribution in [3.8, 4) is 34.3 Å². The predicted octanol–water partition coefficient (Wildman–Crippen LogP) is 4.75. The van der Waals surface area contributed by atoms with Gasteiger partial charge in [0.05, 0.1) is 6.61 Å². The number of hydrogen-bond donors (Lipinski definition) is 0. The lowest BCUT2D eigenvalue weighted by molar-refractivity contribution is 0.317. The van der Waals surface area contributed by atoms with E-state index in [4.69, 9.17) is 10.00 Å². The van der Waals surface area contributed by atoms with Gasteiger partial charge in [-0.25, -0.2) is 18.7 Å². The molecule has 0 atom stereocenters. The summed E-state index contributed by atoms with van der Waals surface area (Å²) < 4.78 is 33.0. The van der Waals surface area contributed by atoms with Crippen LogP contribution >= 0.6 is 0 Å². The number of ether oxygens (including phenoxy) is 1. The van der Waals surface area contributed by atoms with Gasteiger partial charge in [-0.3, -0.25) is 0 Å². The maximum absolute atomic E-state index is 13.7. The van der Waals surface area contributed by atoms with E-state index < -0.39 is 17.2 Å². The minimum Gasteiger partial charge on any atom is -0.494 e. The van der Waals surface area contributed by atoms with Gasteiger partial charge < -0.3 is 4.74 Å². The van der Waals surface area contributed by atoms with E-state index in [9.17, 15) is 8.78 Å². The molecule has 3 rings (SSSR count). The second-order valence-corrected chi connectivity index (χ2v) is 5.59. The van der Waals surface area contributed by atoms with Gasteiger partial charge in [-0.2, -0.15) is 5.26 Å². The molecular formula is C20H15F2N3O. The molecule has 0 saturated carbocycles. The maximum atomic E-state index is 13.7. The van der Waals surface area contributed by atoms with Crippen LogP contribution in [0.4, 0.5) is 8.78 Å². The molecule has 1 heterocycles. The van der Waals surface area contributed by atoms with Crippen molar-refractivity contribution in [3.05, 3.63) is 66.0 Å². The van der Waals surface area contributed by atoms with Gasteiger partial charge in [-0.15, -0.1) is 0 Å². The fourth-order valence-electron chi connectivity index (χ4n) is 2.40. The number of benzene rings is 2. The fraction of sp³-hybridized carbons (Fsp3) is 0.150. The first-order valence-corrected chi connectivity index (χ1v) is 8.07. The summed E-state index contributed by atoms with van der Waals surface area (Å²) in [5.41, 5.74) is 1.23. The van der Waals surface area contributed by atoms with Crippen LogP contribution in [0.5, 0.6) is 5.75 Å². The molecule has 4 nitrogen and oxygen atoms in total. The van der Waals surface area contributed by atoms with E-state index in [1.54, 1.807) is 12.4 Å². The highest BCUT2D eigenvalue weighted by Gasteiger charge is 2.13. The van der Waals surface area contributed by atoms with Crippen molar-refractivity contribution >= 4 is 0 Å². The molecule has 0 spiro atoms. The van der Waals surface area contributed by atoms with Crippen molar-refractivity contribution in [2.45, 2.75) is 13.3 Å². The van der Waals surface area contributed by atoms with Gasteiger partial charge in [0.1, 0.15) is 29.0 Å². The highest BCUT2D eigenvalue weighted by Crippen LogP contribution is 2.25. The van der Waals surface area contributed by atoms with Crippen LogP contribution in [0, 0.1) is 23.0 Å². The smallest absolute Gasteiger partial charge is 0.159 e. The van der Waals surface area contributed by atoms with Gasteiger partial charge in [0.15, 0.2) is 5.82 Å². The zero-order valence-corrected chi connectivity index (χ0v) is 14.0. The summed E-state index contributed by atoms with van der Waals surface area (Å²) in [5.74, 6) is -0.897. The lowest BCUT2D eigenvalue weighted by atomic mass is 10.1. The van der Waals surface area contributed by atoms with Gasteiger partial charge in [-0.1, -0.05) is 19.1 Å². The first kappa shape index (κ1) is 17.5. The zero-order chi connectivity index (χ0) is 18.5. The third-order valence-electron chi connectivity index (χ3n) is 3.72. The van der Waals surface area contributed by atoms with Gasteiger partial charge in [-0.05, 0) is 36.2 Å². The topological polar surface area (TPSA) is 58.8 Å². The van der Waals surface area contributed by atoms with Crippen LogP contribution in [0.1, 0.15) is 18.9 Å². The molecule has 0 N–H and O–H groups in total. The van der Waals surface area contributed by atoms with Gasteiger partial charge in [0.25, 0.3) is 0 Å². The molecule has 130 valence electrons. The average molecular weight is 351 g/mol. The number of nitrogens with zero attached hydrogens (tertiary/aromatic N) is 3. The molecule has 1 aromatic heterocycles. The van der Waals surface area contributed by atoms with Crippen LogP contribution in [0.3, 0.4) is 0 Å². The lowest BCUT2D eigenvalue weighted by Crippen LogP contribution is -1.96. The molecular weight excluding hydrogens is 336 g/mol. The first-order chi connectivity index (χ1) is 12.6. The third kappa shape index (κ3) is 3.67. The first-order valence-electron chi connectivity index (χ1n) is 8.07. The second kappa shape index (κ2) is 7.70. The van der Waals surface area contributed by atoms with Gasteiger partial charge in [0.2, 0.25) is 0 Å². The number of halogens is 2. The molecule has 0 saturated heterocycles. The zero-order valence-electron chi connectivity index (χ0n) is 14.0. The van der Waals surface area contributed by atoms with E-state index in [0.717, 1.165) is 35.4 Å². The molecule has 0 amide bonds. The van der Waals surface area contributed by atoms with Crippen LogP contribution < -0.4 is 4.74 Å². The van der Waals surface area contributed by atoms with Crippen LogP contribution in [-0.4, -0.2) is 16.6 Å². The van der Waals surface area contributed by atoms with Gasteiger partial charge >= 0.3 is 0 Å². The number of hydrogen-bond acceptors (Lipinski definition) is 4. The van der Waals surface area contributed by atoms with Crippen molar-refractivity contribution < 1.29 is 13.5 Å². The molecule has 3 aromatic rings. The molecule has 6 heteroatoms. The number of rotatable bonds is 5. The maximum Gasteiger partial charge on any atom is 0.159 e. The van der Waals surface area contributed by atoms with E-state index in [-0.39, 0.29) is 11.4 Å². The Hall–Kier alpha value is -3.33. The standard InChI is InChI=1S/C20H15F2N3O/c1-2-7-26-16-5-3-13(4-6-16)15-11-24-20(25-12-15)14-8-18(21)17(10-23)19(22)9-14/h3-6,8-9,11-12H,2,7H2,1H3. The summed E-state index contributed by atoms with van der Waals surface area (Å²) in [6.07, 6.45) is 4.10. The summed E-state index contributed by atoms with van der Waals surface area (Å²) in [6.45, 7) is 2.70. The normalized spacial score (nSPS) is 10.4. The van der Waals surface area contributed by atoms with Gasteiger partial charge in [0, 0.05) is 23.5 Å². The van der Waals surface area contributed by atoms with E-state index in [1.807, 2.05) is 31.2 Å². The second-order valence-electron chi connectivity index (χ2n) is 5.59. The van der Waals surface area contributed by atoms with Crippen molar-refractivity contribution in [2.75, 3.05) is 6.61 Å². The monoisotopic (exact) mass is 351 g/mol. The Kier molecular flexibility index (Phi) is 5.18. The molecule has 0 radical (unpaired) electrons. The molecule has 0 aliphatic heterocycles. The predicted molar refractivity (Wildman–Crippen MR) is 93.3 cm³/mol. The quantitative estimate of drug-likeness (QED) is 0.666. The summed E-state index contributed by atoms with van der Waals surface area (Å²) >= 11 is 0. The Morgan fingerprint density at radius 2 is 1.58 bits per heavy atom. The van der Waals surface area contributed by atoms with E-state index >= 15 is 0 Å². The third-order valence-corrected chi connectivity index (χ3v) is 3.72. The molecule has 0 aliphatic carbocycles. The molecule has 26 heavy (non-hydrogen) atoms. The summed E-state index contributed by atoms with van der Waals surface area (Å²) in [4.78, 5) is 8.35. The SMILES string of the molecule is CCCOc1ccc(-c2cnc(-c3cc(F)c(C#N)c(F)c3)nc2)cc1. The van der Waals surface area contributed by atoms with Crippen molar-refractivity contribution in [1.29, 1.82) is 5.26 Å². The largest absolute Gasteiger partial charge is 0.494 e. The summed E-state index contributed by atoms with van der Waals surface area (Å²) in [7, 11) is 0. The van der Waals surface area contributed by atoms with Crippen LogP contribution in [-0.2, 0) is 0 Å². The van der Waals surface area contributed by atoms with Crippen LogP contribution in [0.15, 0.2) is 48.8 Å². The number of aromatic nitrogens is 2. The summed E-state index contributed by atoms with van der Waals surface area (Å²) in [6, 6.07) is 11.1. The average Bonchev–Trinajstić information content (AvgIpc) is 2.67. The van der Waals surface area contributed by atoms with Crippen LogP contribution in [0.25, 0.3) is 22.5 Å². The molecule has 0 aliphatic rings. The Morgan fingerprint density at radius 1 is 0.962 bits per heavy atom. The van der Waals surface area contributed by atoms with Crippen molar-refractivity contribution in [2.24, 2.45) is 0 Å². The minimum absolute atomic E-state index is 0.175. The van der Waals surface area contributed by atoms with Crippen molar-refractivity contribution in [3.63, 3.8) is 0 Å². The van der Waals surface area contributed by atoms with E-state index in [2.05, 4.69) is 9.97 Å². The minimum atomic E-state index is -0.933.